The standard InChI is InChI=1S/C28H40ClN7O3S/c1-6-39-22-10-8-7-9-21(22)33-11-13-34(14-12-33)25(37)19-40-26-30-23(29)17-24(31-26)35-15-16-36(20(2)18-35)27(38)32-28(3,4)5/h7-10,17,20H,6,11-16,18-19H2,1-5H3,(H,32,38). The molecule has 1 unspecified atom stereocenters. The van der Waals surface area contributed by atoms with Gasteiger partial charge in [0.05, 0.1) is 18.0 Å². The summed E-state index contributed by atoms with van der Waals surface area (Å²) in [5.41, 5.74) is 0.774. The van der Waals surface area contributed by atoms with E-state index in [2.05, 4.69) is 26.2 Å². The maximum atomic E-state index is 13.0. The molecule has 2 aliphatic rings. The zero-order chi connectivity index (χ0) is 28.9. The molecule has 218 valence electrons. The number of urea groups is 1. The average Bonchev–Trinajstić information content (AvgIpc) is 2.91. The molecule has 0 radical (unpaired) electrons. The first-order valence-electron chi connectivity index (χ1n) is 13.8. The first kappa shape index (κ1) is 30.0. The van der Waals surface area contributed by atoms with Gasteiger partial charge in [-0.25, -0.2) is 14.8 Å². The van der Waals surface area contributed by atoms with Gasteiger partial charge in [-0.3, -0.25) is 4.79 Å². The number of para-hydroxylation sites is 2. The lowest BCUT2D eigenvalue weighted by molar-refractivity contribution is -0.128. The molecular formula is C28H40ClN7O3S. The number of halogens is 1. The van der Waals surface area contributed by atoms with Crippen LogP contribution in [0.5, 0.6) is 5.75 Å². The van der Waals surface area contributed by atoms with E-state index in [1.807, 2.05) is 62.6 Å². The number of ether oxygens (including phenoxy) is 1. The fourth-order valence-electron chi connectivity index (χ4n) is 4.88. The van der Waals surface area contributed by atoms with Crippen molar-refractivity contribution in [1.82, 2.24) is 25.1 Å². The number of amides is 3. The third-order valence-electron chi connectivity index (χ3n) is 6.82. The Hall–Kier alpha value is -2.92. The molecule has 1 aromatic heterocycles. The number of hydrogen-bond acceptors (Lipinski definition) is 8. The number of aromatic nitrogens is 2. The monoisotopic (exact) mass is 589 g/mol. The molecule has 2 fully saturated rings. The van der Waals surface area contributed by atoms with Crippen LogP contribution < -0.4 is 19.9 Å². The summed E-state index contributed by atoms with van der Waals surface area (Å²) in [4.78, 5) is 42.9. The number of carbonyl (C=O) groups is 2. The van der Waals surface area contributed by atoms with Crippen LogP contribution in [-0.4, -0.2) is 101 Å². The molecule has 1 N–H and O–H groups in total. The number of piperazine rings is 2. The molecule has 40 heavy (non-hydrogen) atoms. The molecule has 3 amide bonds. The largest absolute Gasteiger partial charge is 0.492 e. The van der Waals surface area contributed by atoms with Crippen molar-refractivity contribution in [1.29, 1.82) is 0 Å². The number of benzene rings is 1. The van der Waals surface area contributed by atoms with Gasteiger partial charge < -0.3 is 29.7 Å². The van der Waals surface area contributed by atoms with Gasteiger partial charge in [-0.05, 0) is 46.8 Å². The van der Waals surface area contributed by atoms with Crippen LogP contribution in [0.1, 0.15) is 34.6 Å². The van der Waals surface area contributed by atoms with Gasteiger partial charge in [-0.1, -0.05) is 35.5 Å². The van der Waals surface area contributed by atoms with E-state index in [4.69, 9.17) is 21.3 Å². The Labute approximate surface area is 246 Å². The summed E-state index contributed by atoms with van der Waals surface area (Å²) in [5, 5.41) is 3.85. The highest BCUT2D eigenvalue weighted by Gasteiger charge is 2.30. The Kier molecular flexibility index (Phi) is 9.89. The summed E-state index contributed by atoms with van der Waals surface area (Å²) in [5.74, 6) is 1.88. The minimum atomic E-state index is -0.291. The average molecular weight is 590 g/mol. The van der Waals surface area contributed by atoms with E-state index < -0.39 is 0 Å². The number of anilines is 2. The van der Waals surface area contributed by atoms with E-state index in [1.165, 1.54) is 11.8 Å². The third-order valence-corrected chi connectivity index (χ3v) is 7.84. The van der Waals surface area contributed by atoms with Crippen molar-refractivity contribution in [2.45, 2.75) is 51.4 Å². The Morgan fingerprint density at radius 2 is 1.77 bits per heavy atom. The lowest BCUT2D eigenvalue weighted by Crippen LogP contribution is -2.59. The molecule has 0 saturated carbocycles. The smallest absolute Gasteiger partial charge is 0.318 e. The molecule has 4 rings (SSSR count). The maximum Gasteiger partial charge on any atom is 0.318 e. The Morgan fingerprint density at radius 1 is 1.07 bits per heavy atom. The van der Waals surface area contributed by atoms with Gasteiger partial charge in [0.1, 0.15) is 16.7 Å². The van der Waals surface area contributed by atoms with Gasteiger partial charge >= 0.3 is 6.03 Å². The van der Waals surface area contributed by atoms with Crippen LogP contribution in [0, 0.1) is 0 Å². The normalized spacial score (nSPS) is 18.1. The van der Waals surface area contributed by atoms with Gasteiger partial charge in [-0.2, -0.15) is 0 Å². The summed E-state index contributed by atoms with van der Waals surface area (Å²) in [6.07, 6.45) is 0. The summed E-state index contributed by atoms with van der Waals surface area (Å²) in [7, 11) is 0. The molecule has 3 heterocycles. The summed E-state index contributed by atoms with van der Waals surface area (Å²) >= 11 is 7.65. The van der Waals surface area contributed by atoms with Crippen molar-refractivity contribution in [2.24, 2.45) is 0 Å². The van der Waals surface area contributed by atoms with Crippen LogP contribution in [0.4, 0.5) is 16.3 Å². The summed E-state index contributed by atoms with van der Waals surface area (Å²) in [6.45, 7) is 15.2. The lowest BCUT2D eigenvalue weighted by Gasteiger charge is -2.41. The van der Waals surface area contributed by atoms with E-state index in [0.29, 0.717) is 55.5 Å². The van der Waals surface area contributed by atoms with Crippen LogP contribution in [-0.2, 0) is 4.79 Å². The van der Waals surface area contributed by atoms with E-state index in [0.717, 1.165) is 24.5 Å². The van der Waals surface area contributed by atoms with Crippen LogP contribution in [0.2, 0.25) is 5.15 Å². The highest BCUT2D eigenvalue weighted by atomic mass is 35.5. The number of nitrogens with zero attached hydrogens (tertiary/aromatic N) is 6. The van der Waals surface area contributed by atoms with Gasteiger partial charge in [0.15, 0.2) is 5.16 Å². The molecule has 10 nitrogen and oxygen atoms in total. The Morgan fingerprint density at radius 3 is 2.45 bits per heavy atom. The van der Waals surface area contributed by atoms with Gasteiger partial charge in [0, 0.05) is 63.5 Å². The number of nitrogens with one attached hydrogen (secondary N) is 1. The highest BCUT2D eigenvalue weighted by molar-refractivity contribution is 7.99. The number of carbonyl (C=O) groups excluding carboxylic acids is 2. The lowest BCUT2D eigenvalue weighted by atomic mass is 10.1. The van der Waals surface area contributed by atoms with Crippen molar-refractivity contribution in [3.8, 4) is 5.75 Å². The minimum Gasteiger partial charge on any atom is -0.492 e. The number of thioether (sulfide) groups is 1. The summed E-state index contributed by atoms with van der Waals surface area (Å²) < 4.78 is 5.78. The molecule has 0 aliphatic carbocycles. The molecule has 12 heteroatoms. The van der Waals surface area contributed by atoms with Crippen molar-refractivity contribution in [3.63, 3.8) is 0 Å². The predicted octanol–water partition coefficient (Wildman–Crippen LogP) is 3.99. The topological polar surface area (TPSA) is 94.1 Å². The van der Waals surface area contributed by atoms with E-state index in [1.54, 1.807) is 6.07 Å². The van der Waals surface area contributed by atoms with Crippen LogP contribution in [0.15, 0.2) is 35.5 Å². The molecule has 0 spiro atoms. The minimum absolute atomic E-state index is 0.00156. The SMILES string of the molecule is CCOc1ccccc1N1CCN(C(=O)CSc2nc(Cl)cc(N3CCN(C(=O)NC(C)(C)C)C(C)C3)n2)CC1. The Bertz CT molecular complexity index is 1190. The molecule has 1 aromatic carbocycles. The van der Waals surface area contributed by atoms with Crippen LogP contribution in [0.25, 0.3) is 0 Å². The second kappa shape index (κ2) is 13.2. The van der Waals surface area contributed by atoms with Crippen molar-refractivity contribution in [3.05, 3.63) is 35.5 Å². The zero-order valence-corrected chi connectivity index (χ0v) is 25.6. The van der Waals surface area contributed by atoms with Crippen LogP contribution >= 0.6 is 23.4 Å². The molecular weight excluding hydrogens is 550 g/mol. The fraction of sp³-hybridized carbons (Fsp3) is 0.571. The van der Waals surface area contributed by atoms with Crippen molar-refractivity contribution < 1.29 is 14.3 Å². The van der Waals surface area contributed by atoms with Crippen molar-refractivity contribution >= 4 is 46.8 Å². The molecule has 2 saturated heterocycles. The molecule has 2 aromatic rings. The number of hydrogen-bond donors (Lipinski definition) is 1. The molecule has 0 bridgehead atoms. The van der Waals surface area contributed by atoms with Crippen LogP contribution in [0.3, 0.4) is 0 Å². The second-order valence-corrected chi connectivity index (χ2v) is 12.4. The van der Waals surface area contributed by atoms with E-state index in [9.17, 15) is 9.59 Å². The quantitative estimate of drug-likeness (QED) is 0.294. The first-order valence-corrected chi connectivity index (χ1v) is 15.2. The fourth-order valence-corrected chi connectivity index (χ4v) is 5.87. The van der Waals surface area contributed by atoms with Crippen molar-refractivity contribution in [2.75, 3.05) is 68.0 Å². The summed E-state index contributed by atoms with van der Waals surface area (Å²) in [6, 6.07) is 9.71. The van der Waals surface area contributed by atoms with Gasteiger partial charge in [-0.15, -0.1) is 0 Å². The predicted molar refractivity (Wildman–Crippen MR) is 161 cm³/mol. The second-order valence-electron chi connectivity index (χ2n) is 11.1. The zero-order valence-electron chi connectivity index (χ0n) is 24.0. The van der Waals surface area contributed by atoms with Gasteiger partial charge in [0.2, 0.25) is 5.91 Å². The Balaban J connectivity index is 1.30. The van der Waals surface area contributed by atoms with E-state index in [-0.39, 0.29) is 29.3 Å². The molecule has 1 atom stereocenters. The first-order chi connectivity index (χ1) is 19.0. The number of rotatable bonds is 7. The van der Waals surface area contributed by atoms with Gasteiger partial charge in [0.25, 0.3) is 0 Å². The maximum absolute atomic E-state index is 13.0. The highest BCUT2D eigenvalue weighted by Crippen LogP contribution is 2.29. The van der Waals surface area contributed by atoms with E-state index >= 15 is 0 Å². The molecule has 2 aliphatic heterocycles. The third kappa shape index (κ3) is 7.84.